The van der Waals surface area contributed by atoms with Gasteiger partial charge in [-0.2, -0.15) is 0 Å². The van der Waals surface area contributed by atoms with Crippen molar-refractivity contribution < 1.29 is 4.79 Å². The number of hydrogen-bond donors (Lipinski definition) is 0. The fourth-order valence-electron chi connectivity index (χ4n) is 2.42. The summed E-state index contributed by atoms with van der Waals surface area (Å²) in [5.41, 5.74) is 2.48. The Bertz CT molecular complexity index is 409. The first-order chi connectivity index (χ1) is 7.56. The second-order valence-corrected chi connectivity index (χ2v) is 5.13. The van der Waals surface area contributed by atoms with Gasteiger partial charge in [-0.05, 0) is 18.1 Å². The van der Waals surface area contributed by atoms with Crippen molar-refractivity contribution in [3.05, 3.63) is 29.8 Å². The van der Waals surface area contributed by atoms with E-state index in [2.05, 4.69) is 26.0 Å². The van der Waals surface area contributed by atoms with Gasteiger partial charge < -0.3 is 4.90 Å². The van der Waals surface area contributed by atoms with Crippen molar-refractivity contribution >= 4 is 11.6 Å². The average molecular weight is 217 g/mol. The summed E-state index contributed by atoms with van der Waals surface area (Å²) in [6, 6.07) is 8.24. The highest BCUT2D eigenvalue weighted by Crippen LogP contribution is 2.40. The molecule has 0 bridgehead atoms. The molecule has 0 saturated carbocycles. The van der Waals surface area contributed by atoms with Gasteiger partial charge in [-0.25, -0.2) is 0 Å². The summed E-state index contributed by atoms with van der Waals surface area (Å²) in [7, 11) is 0. The fraction of sp³-hybridized carbons (Fsp3) is 0.500. The molecule has 0 radical (unpaired) electrons. The number of anilines is 1. The van der Waals surface area contributed by atoms with Gasteiger partial charge in [-0.15, -0.1) is 0 Å². The van der Waals surface area contributed by atoms with E-state index in [0.717, 1.165) is 18.7 Å². The van der Waals surface area contributed by atoms with Gasteiger partial charge in [0.1, 0.15) is 0 Å². The Morgan fingerprint density at radius 1 is 1.38 bits per heavy atom. The predicted octanol–water partition coefficient (Wildman–Crippen LogP) is 3.11. The number of nitrogens with zero attached hydrogens (tertiary/aromatic N) is 1. The third-order valence-corrected chi connectivity index (χ3v) is 3.24. The number of rotatable bonds is 2. The van der Waals surface area contributed by atoms with E-state index in [4.69, 9.17) is 0 Å². The largest absolute Gasteiger partial charge is 0.311 e. The molecule has 2 heteroatoms. The van der Waals surface area contributed by atoms with Crippen molar-refractivity contribution in [2.24, 2.45) is 0 Å². The molecular weight excluding hydrogens is 198 g/mol. The van der Waals surface area contributed by atoms with E-state index in [1.807, 2.05) is 24.0 Å². The van der Waals surface area contributed by atoms with E-state index >= 15 is 0 Å². The third-order valence-electron chi connectivity index (χ3n) is 3.24. The number of hydrogen-bond acceptors (Lipinski definition) is 1. The molecule has 0 unspecified atom stereocenters. The van der Waals surface area contributed by atoms with Gasteiger partial charge in [0.05, 0.1) is 0 Å². The molecule has 0 aromatic heterocycles. The molecule has 0 N–H and O–H groups in total. The zero-order valence-corrected chi connectivity index (χ0v) is 10.3. The number of amides is 1. The second kappa shape index (κ2) is 3.93. The quantitative estimate of drug-likeness (QED) is 0.745. The minimum atomic E-state index is 0.0833. The molecule has 1 aliphatic heterocycles. The molecule has 2 nitrogen and oxygen atoms in total. The molecule has 1 amide bonds. The molecule has 0 aliphatic carbocycles. The van der Waals surface area contributed by atoms with Crippen LogP contribution < -0.4 is 4.90 Å². The van der Waals surface area contributed by atoms with Crippen LogP contribution in [0.4, 0.5) is 5.69 Å². The first-order valence-corrected chi connectivity index (χ1v) is 5.96. The first kappa shape index (κ1) is 11.2. The van der Waals surface area contributed by atoms with Gasteiger partial charge in [-0.3, -0.25) is 4.79 Å². The zero-order valence-electron chi connectivity index (χ0n) is 10.3. The monoisotopic (exact) mass is 217 g/mol. The van der Waals surface area contributed by atoms with Crippen LogP contribution in [0.2, 0.25) is 0 Å². The Morgan fingerprint density at radius 3 is 2.75 bits per heavy atom. The molecule has 0 fully saturated rings. The van der Waals surface area contributed by atoms with E-state index in [9.17, 15) is 4.79 Å². The van der Waals surface area contributed by atoms with Gasteiger partial charge in [0.25, 0.3) is 0 Å². The van der Waals surface area contributed by atoms with Crippen LogP contribution >= 0.6 is 0 Å². The van der Waals surface area contributed by atoms with Crippen molar-refractivity contribution in [2.45, 2.75) is 39.0 Å². The van der Waals surface area contributed by atoms with Gasteiger partial charge in [-0.1, -0.05) is 39.0 Å². The van der Waals surface area contributed by atoms with Crippen LogP contribution in [-0.2, 0) is 10.2 Å². The molecule has 2 rings (SSSR count). The van der Waals surface area contributed by atoms with Crippen molar-refractivity contribution in [3.63, 3.8) is 0 Å². The van der Waals surface area contributed by atoms with Crippen LogP contribution in [0.1, 0.15) is 39.2 Å². The molecule has 1 aromatic rings. The van der Waals surface area contributed by atoms with Crippen LogP contribution in [0.5, 0.6) is 0 Å². The van der Waals surface area contributed by atoms with Gasteiger partial charge >= 0.3 is 0 Å². The third kappa shape index (κ3) is 1.73. The Balaban J connectivity index is 2.37. The van der Waals surface area contributed by atoms with E-state index in [1.165, 1.54) is 5.56 Å². The summed E-state index contributed by atoms with van der Waals surface area (Å²) < 4.78 is 0. The minimum Gasteiger partial charge on any atom is -0.311 e. The van der Waals surface area contributed by atoms with Crippen LogP contribution in [0.15, 0.2) is 24.3 Å². The van der Waals surface area contributed by atoms with E-state index < -0.39 is 0 Å². The molecular formula is C14H19NO. The molecule has 0 saturated heterocycles. The Morgan fingerprint density at radius 2 is 2.06 bits per heavy atom. The lowest BCUT2D eigenvalue weighted by atomic mass is 9.87. The maximum absolute atomic E-state index is 12.0. The molecule has 16 heavy (non-hydrogen) atoms. The lowest BCUT2D eigenvalue weighted by molar-refractivity contribution is -0.118. The van der Waals surface area contributed by atoms with Gasteiger partial charge in [0.15, 0.2) is 0 Å². The van der Waals surface area contributed by atoms with Crippen LogP contribution in [-0.4, -0.2) is 12.5 Å². The highest BCUT2D eigenvalue weighted by Gasteiger charge is 2.36. The maximum atomic E-state index is 12.0. The lowest BCUT2D eigenvalue weighted by Gasteiger charge is -2.20. The first-order valence-electron chi connectivity index (χ1n) is 5.96. The second-order valence-electron chi connectivity index (χ2n) is 5.13. The molecule has 1 aromatic carbocycles. The van der Waals surface area contributed by atoms with Crippen LogP contribution in [0.25, 0.3) is 0 Å². The van der Waals surface area contributed by atoms with E-state index in [1.54, 1.807) is 0 Å². The SMILES string of the molecule is CCCC(=O)N1CC(C)(C)c2ccccc21. The molecule has 1 aliphatic rings. The normalized spacial score (nSPS) is 17.3. The molecule has 0 spiro atoms. The minimum absolute atomic E-state index is 0.0833. The standard InChI is InChI=1S/C14H19NO/c1-4-7-13(16)15-10-14(2,3)11-8-5-6-9-12(11)15/h5-6,8-9H,4,7,10H2,1-3H3. The zero-order chi connectivity index (χ0) is 11.8. The van der Waals surface area contributed by atoms with E-state index in [-0.39, 0.29) is 11.3 Å². The summed E-state index contributed by atoms with van der Waals surface area (Å²) >= 11 is 0. The number of fused-ring (bicyclic) bond motifs is 1. The molecule has 1 heterocycles. The van der Waals surface area contributed by atoms with Crippen molar-refractivity contribution in [2.75, 3.05) is 11.4 Å². The van der Waals surface area contributed by atoms with Crippen LogP contribution in [0.3, 0.4) is 0 Å². The molecule has 86 valence electrons. The van der Waals surface area contributed by atoms with Crippen molar-refractivity contribution in [1.82, 2.24) is 0 Å². The Kier molecular flexibility index (Phi) is 2.75. The number of carbonyl (C=O) groups excluding carboxylic acids is 1. The van der Waals surface area contributed by atoms with Crippen molar-refractivity contribution in [1.29, 1.82) is 0 Å². The number of benzene rings is 1. The van der Waals surface area contributed by atoms with E-state index in [0.29, 0.717) is 6.42 Å². The highest BCUT2D eigenvalue weighted by molar-refractivity contribution is 5.96. The smallest absolute Gasteiger partial charge is 0.227 e. The average Bonchev–Trinajstić information content (AvgIpc) is 2.52. The summed E-state index contributed by atoms with van der Waals surface area (Å²) in [6.45, 7) is 7.26. The summed E-state index contributed by atoms with van der Waals surface area (Å²) in [4.78, 5) is 14.0. The maximum Gasteiger partial charge on any atom is 0.227 e. The lowest BCUT2D eigenvalue weighted by Crippen LogP contribution is -2.33. The highest BCUT2D eigenvalue weighted by atomic mass is 16.2. The fourth-order valence-corrected chi connectivity index (χ4v) is 2.42. The van der Waals surface area contributed by atoms with Gasteiger partial charge in [0, 0.05) is 24.1 Å². The topological polar surface area (TPSA) is 20.3 Å². The van der Waals surface area contributed by atoms with Crippen LogP contribution in [0, 0.1) is 0 Å². The van der Waals surface area contributed by atoms with Gasteiger partial charge in [0.2, 0.25) is 5.91 Å². The van der Waals surface area contributed by atoms with Crippen molar-refractivity contribution in [3.8, 4) is 0 Å². The Labute approximate surface area is 97.3 Å². The molecule has 0 atom stereocenters. The number of carbonyl (C=O) groups is 1. The number of para-hydroxylation sites is 1. The Hall–Kier alpha value is -1.31. The predicted molar refractivity (Wildman–Crippen MR) is 66.7 cm³/mol. The summed E-state index contributed by atoms with van der Waals surface area (Å²) in [5, 5.41) is 0. The summed E-state index contributed by atoms with van der Waals surface area (Å²) in [6.07, 6.45) is 1.56. The summed E-state index contributed by atoms with van der Waals surface area (Å²) in [5.74, 6) is 0.250.